The summed E-state index contributed by atoms with van der Waals surface area (Å²) < 4.78 is 12.1. The summed E-state index contributed by atoms with van der Waals surface area (Å²) in [6.45, 7) is 12.7. The van der Waals surface area contributed by atoms with Crippen molar-refractivity contribution in [3.63, 3.8) is 0 Å². The van der Waals surface area contributed by atoms with Gasteiger partial charge in [0.2, 0.25) is 17.7 Å². The van der Waals surface area contributed by atoms with E-state index in [0.29, 0.717) is 32.1 Å². The van der Waals surface area contributed by atoms with Crippen molar-refractivity contribution in [2.45, 2.75) is 130 Å². The van der Waals surface area contributed by atoms with Crippen LogP contribution in [0.15, 0.2) is 30.3 Å². The summed E-state index contributed by atoms with van der Waals surface area (Å²) in [6, 6.07) is 5.00. The molecule has 0 saturated carbocycles. The molecule has 2 heterocycles. The van der Waals surface area contributed by atoms with Crippen molar-refractivity contribution in [2.75, 3.05) is 13.6 Å². The first-order chi connectivity index (χ1) is 24.6. The van der Waals surface area contributed by atoms with E-state index < -0.39 is 83.8 Å². The smallest absolute Gasteiger partial charge is 0.329 e. The molecule has 0 bridgehead atoms. The molecule has 0 aliphatic carbocycles. The topological polar surface area (TPSA) is 151 Å². The second-order valence-electron chi connectivity index (χ2n) is 14.9. The minimum atomic E-state index is -1.30. The molecule has 12 nitrogen and oxygen atoms in total. The highest BCUT2D eigenvalue weighted by atomic mass is 16.6. The first-order valence-corrected chi connectivity index (χ1v) is 18.7. The molecule has 1 aromatic rings. The molecule has 8 atom stereocenters. The fraction of sp³-hybridized carbons (Fsp3) is 0.650. The number of cyclic esters (lactones) is 2. The van der Waals surface area contributed by atoms with Gasteiger partial charge in [0.15, 0.2) is 6.10 Å². The van der Waals surface area contributed by atoms with Crippen LogP contribution in [0.4, 0.5) is 0 Å². The molecule has 0 aromatic heterocycles. The standard InChI is InChI=1S/C40H58N4O8/c1-10-12-14-21-30-27(8)35(45)41-32(24(3)4)38(48)43(9)34(25(5)6)40(50)52-31(23-28-18-15-13-16-19-28)37(47)44-22-17-20-29(44)36(46)42-33(26(7)11-2)39(49)51-30/h1,13,15-16,18-19,24-27,29-34H,11-12,14,17,20-23H2,2-9H3,(H,41,45)(H,42,46)/t26?,27-,29-,30+,31-,32-,33-,34-/m0/s1. The number of hydrogen-bond donors (Lipinski definition) is 2. The van der Waals surface area contributed by atoms with Gasteiger partial charge in [0.1, 0.15) is 30.3 Å². The largest absolute Gasteiger partial charge is 0.460 e. The van der Waals surface area contributed by atoms with Crippen LogP contribution >= 0.6 is 0 Å². The van der Waals surface area contributed by atoms with Gasteiger partial charge in [-0.25, -0.2) is 9.59 Å². The third kappa shape index (κ3) is 10.6. The molecule has 0 spiro atoms. The fourth-order valence-corrected chi connectivity index (χ4v) is 6.86. The van der Waals surface area contributed by atoms with Crippen LogP contribution in [0.25, 0.3) is 0 Å². The molecule has 1 aromatic carbocycles. The number of carbonyl (C=O) groups excluding carboxylic acids is 6. The molecule has 2 aliphatic heterocycles. The predicted molar refractivity (Wildman–Crippen MR) is 196 cm³/mol. The van der Waals surface area contributed by atoms with Crippen LogP contribution in [0.3, 0.4) is 0 Å². The molecule has 2 saturated heterocycles. The van der Waals surface area contributed by atoms with Crippen LogP contribution in [0, 0.1) is 36.0 Å². The van der Waals surface area contributed by atoms with Crippen LogP contribution in [0.2, 0.25) is 0 Å². The predicted octanol–water partition coefficient (Wildman–Crippen LogP) is 3.65. The minimum Gasteiger partial charge on any atom is -0.460 e. The van der Waals surface area contributed by atoms with Gasteiger partial charge in [0.05, 0.1) is 5.92 Å². The number of amides is 4. The van der Waals surface area contributed by atoms with E-state index in [4.69, 9.17) is 15.9 Å². The van der Waals surface area contributed by atoms with Crippen LogP contribution in [-0.2, 0) is 44.7 Å². The molecule has 286 valence electrons. The molecule has 52 heavy (non-hydrogen) atoms. The number of likely N-dealkylation sites (N-methyl/N-ethyl adjacent to an activating group) is 1. The molecule has 3 rings (SSSR count). The van der Waals surface area contributed by atoms with Gasteiger partial charge in [-0.1, -0.05) is 85.2 Å². The quantitative estimate of drug-likeness (QED) is 0.223. The molecule has 2 aliphatic rings. The van der Waals surface area contributed by atoms with Gasteiger partial charge in [-0.3, -0.25) is 19.2 Å². The Kier molecular flexibility index (Phi) is 15.7. The van der Waals surface area contributed by atoms with E-state index in [0.717, 1.165) is 5.56 Å². The van der Waals surface area contributed by atoms with Gasteiger partial charge in [-0.2, -0.15) is 0 Å². The summed E-state index contributed by atoms with van der Waals surface area (Å²) >= 11 is 0. The maximum absolute atomic E-state index is 14.3. The van der Waals surface area contributed by atoms with Crippen molar-refractivity contribution in [1.29, 1.82) is 0 Å². The Morgan fingerprint density at radius 1 is 0.885 bits per heavy atom. The van der Waals surface area contributed by atoms with E-state index in [1.54, 1.807) is 34.6 Å². The highest BCUT2D eigenvalue weighted by Gasteiger charge is 2.44. The van der Waals surface area contributed by atoms with Gasteiger partial charge in [0, 0.05) is 26.4 Å². The summed E-state index contributed by atoms with van der Waals surface area (Å²) in [6.07, 6.45) is 5.90. The number of benzene rings is 1. The zero-order valence-corrected chi connectivity index (χ0v) is 32.1. The van der Waals surface area contributed by atoms with Crippen molar-refractivity contribution >= 4 is 35.6 Å². The average Bonchev–Trinajstić information content (AvgIpc) is 3.61. The van der Waals surface area contributed by atoms with Gasteiger partial charge in [0.25, 0.3) is 5.91 Å². The molecule has 4 amide bonds. The van der Waals surface area contributed by atoms with E-state index in [1.807, 2.05) is 44.2 Å². The molecular weight excluding hydrogens is 664 g/mol. The SMILES string of the molecule is C#CCCC[C@H]1OC(=O)[C@H](C(C)CC)NC(=O)[C@@H]2CCCN2C(=O)[C@H](Cc2ccccc2)OC(=O)[C@H](C(C)C)N(C)C(=O)[C@H](C(C)C)NC(=O)[C@H]1C. The van der Waals surface area contributed by atoms with E-state index in [9.17, 15) is 28.8 Å². The monoisotopic (exact) mass is 722 g/mol. The normalized spacial score (nSPS) is 27.8. The lowest BCUT2D eigenvalue weighted by Crippen LogP contribution is -2.57. The summed E-state index contributed by atoms with van der Waals surface area (Å²) in [5, 5.41) is 5.72. The maximum atomic E-state index is 14.3. The lowest BCUT2D eigenvalue weighted by Gasteiger charge is -2.35. The highest BCUT2D eigenvalue weighted by Crippen LogP contribution is 2.25. The number of rotatable bonds is 9. The number of esters is 2. The Labute approximate surface area is 309 Å². The summed E-state index contributed by atoms with van der Waals surface area (Å²) in [7, 11) is 1.48. The minimum absolute atomic E-state index is 0.0458. The Bertz CT molecular complexity index is 1460. The lowest BCUT2D eigenvalue weighted by atomic mass is 9.94. The van der Waals surface area contributed by atoms with Crippen molar-refractivity contribution in [1.82, 2.24) is 20.4 Å². The molecule has 2 N–H and O–H groups in total. The van der Waals surface area contributed by atoms with Gasteiger partial charge in [-0.15, -0.1) is 12.3 Å². The maximum Gasteiger partial charge on any atom is 0.329 e. The number of unbranched alkanes of at least 4 members (excludes halogenated alkanes) is 1. The first kappa shape index (κ1) is 42.0. The number of nitrogens with one attached hydrogen (secondary N) is 2. The number of nitrogens with zero attached hydrogens (tertiary/aromatic N) is 2. The number of ether oxygens (including phenoxy) is 2. The first-order valence-electron chi connectivity index (χ1n) is 18.7. The van der Waals surface area contributed by atoms with Crippen molar-refractivity contribution in [3.05, 3.63) is 35.9 Å². The average molecular weight is 723 g/mol. The number of terminal acetylenes is 1. The molecular formula is C40H58N4O8. The zero-order chi connectivity index (χ0) is 38.7. The summed E-state index contributed by atoms with van der Waals surface area (Å²) in [5.74, 6) is -3.02. The Morgan fingerprint density at radius 3 is 2.13 bits per heavy atom. The van der Waals surface area contributed by atoms with E-state index >= 15 is 0 Å². The summed E-state index contributed by atoms with van der Waals surface area (Å²) in [4.78, 5) is 86.9. The molecule has 2 fully saturated rings. The van der Waals surface area contributed by atoms with E-state index in [-0.39, 0.29) is 31.2 Å². The van der Waals surface area contributed by atoms with E-state index in [2.05, 4.69) is 16.6 Å². The Balaban J connectivity index is 2.14. The molecule has 12 heteroatoms. The van der Waals surface area contributed by atoms with Gasteiger partial charge in [-0.05, 0) is 49.0 Å². The highest BCUT2D eigenvalue weighted by molar-refractivity contribution is 5.95. The van der Waals surface area contributed by atoms with Crippen LogP contribution in [0.5, 0.6) is 0 Å². The second-order valence-corrected chi connectivity index (χ2v) is 14.9. The van der Waals surface area contributed by atoms with Gasteiger partial charge >= 0.3 is 11.9 Å². The van der Waals surface area contributed by atoms with Gasteiger partial charge < -0.3 is 29.9 Å². The fourth-order valence-electron chi connectivity index (χ4n) is 6.86. The molecule has 0 radical (unpaired) electrons. The zero-order valence-electron chi connectivity index (χ0n) is 32.1. The van der Waals surface area contributed by atoms with Crippen LogP contribution < -0.4 is 10.6 Å². The summed E-state index contributed by atoms with van der Waals surface area (Å²) in [5.41, 5.74) is 0.742. The van der Waals surface area contributed by atoms with Crippen molar-refractivity contribution in [2.24, 2.45) is 23.7 Å². The third-order valence-corrected chi connectivity index (χ3v) is 10.3. The van der Waals surface area contributed by atoms with Crippen molar-refractivity contribution < 1.29 is 38.2 Å². The lowest BCUT2D eigenvalue weighted by molar-refractivity contribution is -0.168. The number of fused-ring (bicyclic) bond motifs is 1. The number of carbonyl (C=O) groups is 6. The Hall–Kier alpha value is -4.40. The second kappa shape index (κ2) is 19.4. The Morgan fingerprint density at radius 2 is 1.54 bits per heavy atom. The van der Waals surface area contributed by atoms with Crippen molar-refractivity contribution in [3.8, 4) is 12.3 Å². The third-order valence-electron chi connectivity index (χ3n) is 10.3. The van der Waals surface area contributed by atoms with E-state index in [1.165, 1.54) is 16.8 Å². The number of hydrogen-bond acceptors (Lipinski definition) is 8. The van der Waals surface area contributed by atoms with Crippen LogP contribution in [0.1, 0.15) is 92.6 Å². The van der Waals surface area contributed by atoms with Crippen LogP contribution in [-0.4, -0.2) is 95.3 Å². The molecule has 1 unspecified atom stereocenters.